The molecule has 0 fully saturated rings. The van der Waals surface area contributed by atoms with Crippen molar-refractivity contribution in [2.75, 3.05) is 0 Å². The molecule has 0 aliphatic rings. The largest absolute Gasteiger partial charge is 0.322 e. The highest BCUT2D eigenvalue weighted by atomic mass is 16.1. The average Bonchev–Trinajstić information content (AvgIpc) is 1.67. The molecule has 0 aromatic carbocycles. The molecular formula is C5H11NO. The number of rotatable bonds is 2. The summed E-state index contributed by atoms with van der Waals surface area (Å²) in [7, 11) is 0. The molecule has 0 spiro atoms. The number of ketones is 1. The van der Waals surface area contributed by atoms with E-state index >= 15 is 0 Å². The Morgan fingerprint density at radius 3 is 2.86 bits per heavy atom. The topological polar surface area (TPSA) is 43.1 Å². The third-order valence-corrected chi connectivity index (χ3v) is 0.833. The lowest BCUT2D eigenvalue weighted by Crippen LogP contribution is -2.26. The summed E-state index contributed by atoms with van der Waals surface area (Å²) in [5.74, 6) is -0.0303. The van der Waals surface area contributed by atoms with Gasteiger partial charge in [-0.05, 0) is 13.3 Å². The average molecular weight is 102 g/mol. The highest BCUT2D eigenvalue weighted by Gasteiger charge is 2.01. The minimum Gasteiger partial charge on any atom is -0.322 e. The van der Waals surface area contributed by atoms with Gasteiger partial charge < -0.3 is 5.73 Å². The number of carbonyl (C=O) groups excluding carboxylic acids is 1. The van der Waals surface area contributed by atoms with E-state index in [4.69, 9.17) is 7.10 Å². The third kappa shape index (κ3) is 2.34. The van der Waals surface area contributed by atoms with Crippen molar-refractivity contribution in [3.63, 3.8) is 0 Å². The summed E-state index contributed by atoms with van der Waals surface area (Å²) < 4.78 is 6.69. The lowest BCUT2D eigenvalue weighted by atomic mass is 10.2. The molecule has 2 nitrogen and oxygen atoms in total. The number of nitrogens with two attached hydrogens (primary N) is 1. The first-order chi connectivity index (χ1) is 3.68. The van der Waals surface area contributed by atoms with Gasteiger partial charge in [0.15, 0.2) is 0 Å². The molecule has 7 heavy (non-hydrogen) atoms. The Kier molecular flexibility index (Phi) is 1.88. The zero-order chi connectivity index (χ0) is 6.57. The summed E-state index contributed by atoms with van der Waals surface area (Å²) in [6.45, 7) is 1.68. The van der Waals surface area contributed by atoms with E-state index in [-0.39, 0.29) is 12.7 Å². The maximum absolute atomic E-state index is 10.3. The molecule has 0 bridgehead atoms. The van der Waals surface area contributed by atoms with Gasteiger partial charge in [0.2, 0.25) is 0 Å². The summed E-state index contributed by atoms with van der Waals surface area (Å²) in [6.07, 6.45) is 0.481. The molecule has 0 aromatic heterocycles. The second-order valence-corrected chi connectivity index (χ2v) is 1.51. The van der Waals surface area contributed by atoms with Gasteiger partial charge in [0.25, 0.3) is 0 Å². The monoisotopic (exact) mass is 102 g/mol. The Morgan fingerprint density at radius 2 is 2.71 bits per heavy atom. The van der Waals surface area contributed by atoms with E-state index in [0.29, 0.717) is 6.42 Å². The van der Waals surface area contributed by atoms with Crippen molar-refractivity contribution in [2.45, 2.75) is 26.3 Å². The molecule has 42 valence electrons. The lowest BCUT2D eigenvalue weighted by Gasteiger charge is -1.99. The van der Waals surface area contributed by atoms with Crippen LogP contribution >= 0.6 is 0 Å². The van der Waals surface area contributed by atoms with Crippen molar-refractivity contribution < 1.29 is 6.17 Å². The number of carbonyl (C=O) groups is 1. The van der Waals surface area contributed by atoms with Crippen LogP contribution < -0.4 is 5.73 Å². The Bertz CT molecular complexity index is 84.5. The zero-order valence-corrected chi connectivity index (χ0v) is 4.48. The minimum absolute atomic E-state index is 0.0303. The van der Waals surface area contributed by atoms with Gasteiger partial charge in [0, 0.05) is 1.37 Å². The van der Waals surface area contributed by atoms with E-state index in [9.17, 15) is 4.79 Å². The smallest absolute Gasteiger partial charge is 0.146 e. The van der Waals surface area contributed by atoms with Gasteiger partial charge in [-0.1, -0.05) is 6.90 Å². The fourth-order valence-corrected chi connectivity index (χ4v) is 0.203. The van der Waals surface area contributed by atoms with Crippen LogP contribution in [0.25, 0.3) is 0 Å². The molecule has 0 radical (unpaired) electrons. The molecule has 0 saturated carbocycles. The molecule has 0 amide bonds. The number of hydrogen-bond donors (Lipinski definition) is 1. The van der Waals surface area contributed by atoms with Gasteiger partial charge in [0.1, 0.15) is 5.78 Å². The first-order valence-electron chi connectivity index (χ1n) is 2.94. The molecule has 0 rings (SSSR count). The van der Waals surface area contributed by atoms with Gasteiger partial charge in [-0.3, -0.25) is 4.79 Å². The molecular weight excluding hydrogens is 90.1 g/mol. The van der Waals surface area contributed by atoms with Crippen molar-refractivity contribution in [1.82, 2.24) is 0 Å². The molecule has 2 heteroatoms. The zero-order valence-electron chi connectivity index (χ0n) is 5.48. The van der Waals surface area contributed by atoms with Gasteiger partial charge >= 0.3 is 0 Å². The van der Waals surface area contributed by atoms with Gasteiger partial charge in [0.05, 0.1) is 6.04 Å². The summed E-state index contributed by atoms with van der Waals surface area (Å²) in [4.78, 5) is 10.3. The van der Waals surface area contributed by atoms with Crippen LogP contribution in [0, 0.1) is 0 Å². The molecule has 2 N–H and O–H groups in total. The summed E-state index contributed by atoms with van der Waals surface area (Å²) in [6, 6.07) is -0.410. The highest BCUT2D eigenvalue weighted by molar-refractivity contribution is 5.80. The Balaban J connectivity index is 3.32. The number of Topliss-reactive ketones (excluding diaryl/α,β-unsaturated/α-hetero) is 1. The summed E-state index contributed by atoms with van der Waals surface area (Å²) in [5.41, 5.74) is 5.26. The Labute approximate surface area is 45.1 Å². The van der Waals surface area contributed by atoms with Crippen LogP contribution in [0.2, 0.25) is 0 Å². The van der Waals surface area contributed by atoms with Crippen molar-refractivity contribution in [3.8, 4) is 0 Å². The van der Waals surface area contributed by atoms with E-state index in [1.165, 1.54) is 6.92 Å². The van der Waals surface area contributed by atoms with Crippen LogP contribution in [0.15, 0.2) is 0 Å². The minimum atomic E-state index is -0.410. The first kappa shape index (κ1) is 4.78. The van der Waals surface area contributed by atoms with Gasteiger partial charge in [-0.25, -0.2) is 0 Å². The fraction of sp³-hybridized carbons (Fsp3) is 0.800. The van der Waals surface area contributed by atoms with Crippen LogP contribution in [0.5, 0.6) is 0 Å². The molecule has 0 saturated heterocycles. The van der Waals surface area contributed by atoms with Crippen molar-refractivity contribution >= 4 is 5.78 Å². The van der Waals surface area contributed by atoms with E-state index in [0.717, 1.165) is 0 Å². The van der Waals surface area contributed by atoms with E-state index in [1.54, 1.807) is 0 Å². The molecule has 0 aromatic rings. The van der Waals surface area contributed by atoms with Crippen LogP contribution in [-0.4, -0.2) is 11.8 Å². The summed E-state index contributed by atoms with van der Waals surface area (Å²) in [5, 5.41) is 0. The molecule has 0 heterocycles. The molecule has 0 aliphatic heterocycles. The van der Waals surface area contributed by atoms with Crippen LogP contribution in [0.1, 0.15) is 21.6 Å². The van der Waals surface area contributed by atoms with Crippen molar-refractivity contribution in [3.05, 3.63) is 0 Å². The van der Waals surface area contributed by atoms with E-state index in [2.05, 4.69) is 0 Å². The van der Waals surface area contributed by atoms with Gasteiger partial charge in [-0.2, -0.15) is 0 Å². The number of hydrogen-bond acceptors (Lipinski definition) is 2. The quantitative estimate of drug-likeness (QED) is 0.545. The first-order valence-corrected chi connectivity index (χ1v) is 2.23. The standard InChI is InChI=1S/C5H11NO/c1-3-5(6)4(2)7/h5H,3,6H2,1-2H3/i1D. The van der Waals surface area contributed by atoms with E-state index in [1.807, 2.05) is 0 Å². The van der Waals surface area contributed by atoms with Crippen molar-refractivity contribution in [2.24, 2.45) is 5.73 Å². The van der Waals surface area contributed by atoms with Crippen molar-refractivity contribution in [1.29, 1.82) is 0 Å². The van der Waals surface area contributed by atoms with Crippen LogP contribution in [0.3, 0.4) is 0 Å². The SMILES string of the molecule is [2H]CCC(N)C(C)=O. The maximum atomic E-state index is 10.3. The highest BCUT2D eigenvalue weighted by Crippen LogP contribution is 1.84. The summed E-state index contributed by atoms with van der Waals surface area (Å²) >= 11 is 0. The molecule has 1 atom stereocenters. The second kappa shape index (κ2) is 2.75. The Morgan fingerprint density at radius 1 is 2.14 bits per heavy atom. The van der Waals surface area contributed by atoms with Gasteiger partial charge in [-0.15, -0.1) is 0 Å². The predicted octanol–water partition coefficient (Wildman–Crippen LogP) is 0.313. The second-order valence-electron chi connectivity index (χ2n) is 1.51. The fourth-order valence-electron chi connectivity index (χ4n) is 0.203. The normalized spacial score (nSPS) is 15.4. The predicted molar refractivity (Wildman–Crippen MR) is 28.9 cm³/mol. The molecule has 0 aliphatic carbocycles. The third-order valence-electron chi connectivity index (χ3n) is 0.833. The van der Waals surface area contributed by atoms with E-state index < -0.39 is 6.04 Å². The molecule has 1 unspecified atom stereocenters. The lowest BCUT2D eigenvalue weighted by molar-refractivity contribution is -0.118. The maximum Gasteiger partial charge on any atom is 0.146 e. The van der Waals surface area contributed by atoms with Crippen LogP contribution in [0.4, 0.5) is 0 Å². The van der Waals surface area contributed by atoms with Crippen LogP contribution in [-0.2, 0) is 4.79 Å². The Hall–Kier alpha value is -0.370.